The number of carboxylic acids is 1. The molecule has 2 aromatic carbocycles. The van der Waals surface area contributed by atoms with E-state index in [4.69, 9.17) is 5.11 Å². The molecule has 2 aromatic rings. The molecule has 0 saturated heterocycles. The topological polar surface area (TPSA) is 37.3 Å². The number of carboxylic acid groups (broad SMARTS) is 1. The van der Waals surface area contributed by atoms with E-state index in [1.165, 1.54) is 12.1 Å². The van der Waals surface area contributed by atoms with Gasteiger partial charge in [-0.25, -0.2) is 9.18 Å². The quantitative estimate of drug-likeness (QED) is 0.828. The van der Waals surface area contributed by atoms with Gasteiger partial charge in [0.15, 0.2) is 0 Å². The Hall–Kier alpha value is -2.37. The van der Waals surface area contributed by atoms with Crippen molar-refractivity contribution in [1.82, 2.24) is 0 Å². The minimum atomic E-state index is -4.76. The second kappa shape index (κ2) is 5.20. The zero-order chi connectivity index (χ0) is 15.8. The van der Waals surface area contributed by atoms with Crippen LogP contribution in [0.5, 0.6) is 0 Å². The molecule has 0 bridgehead atoms. The number of halogens is 4. The molecular weight excluding hydrogens is 288 g/mol. The van der Waals surface area contributed by atoms with E-state index in [2.05, 4.69) is 0 Å². The Kier molecular flexibility index (Phi) is 3.72. The molecule has 0 spiro atoms. The van der Waals surface area contributed by atoms with E-state index in [0.717, 1.165) is 12.1 Å². The maximum atomic E-state index is 13.6. The lowest BCUT2D eigenvalue weighted by molar-refractivity contribution is -0.139. The van der Waals surface area contributed by atoms with Crippen molar-refractivity contribution >= 4 is 5.97 Å². The predicted molar refractivity (Wildman–Crippen MR) is 68.5 cm³/mol. The van der Waals surface area contributed by atoms with Crippen molar-refractivity contribution < 1.29 is 27.5 Å². The van der Waals surface area contributed by atoms with E-state index < -0.39 is 23.5 Å². The summed E-state index contributed by atoms with van der Waals surface area (Å²) >= 11 is 0. The Morgan fingerprint density at radius 2 is 1.71 bits per heavy atom. The molecule has 21 heavy (non-hydrogen) atoms. The fraction of sp³-hybridized carbons (Fsp3) is 0.133. The molecule has 2 rings (SSSR count). The van der Waals surface area contributed by atoms with Gasteiger partial charge in [0.05, 0.1) is 11.1 Å². The van der Waals surface area contributed by atoms with Crippen molar-refractivity contribution in [2.75, 3.05) is 0 Å². The first kappa shape index (κ1) is 15.0. The summed E-state index contributed by atoms with van der Waals surface area (Å²) in [7, 11) is 0. The number of rotatable bonds is 2. The standard InChI is InChI=1S/C15H10F4O2/c1-8-4-10(6-11(5-8)14(20)21)9-2-3-12(13(16)7-9)15(17,18)19/h2-7H,1H3,(H,20,21). The number of hydrogen-bond acceptors (Lipinski definition) is 1. The molecular formula is C15H10F4O2. The molecule has 0 heterocycles. The third-order valence-corrected chi connectivity index (χ3v) is 2.93. The largest absolute Gasteiger partial charge is 0.478 e. The number of alkyl halides is 3. The number of aryl methyl sites for hydroxylation is 1. The van der Waals surface area contributed by atoms with Crippen LogP contribution in [-0.4, -0.2) is 11.1 Å². The van der Waals surface area contributed by atoms with Crippen molar-refractivity contribution in [3.8, 4) is 11.1 Å². The third kappa shape index (κ3) is 3.21. The highest BCUT2D eigenvalue weighted by Crippen LogP contribution is 2.33. The Morgan fingerprint density at radius 3 is 2.24 bits per heavy atom. The molecule has 0 saturated carbocycles. The van der Waals surface area contributed by atoms with E-state index in [0.29, 0.717) is 17.2 Å². The van der Waals surface area contributed by atoms with Crippen LogP contribution in [0.2, 0.25) is 0 Å². The Labute approximate surface area is 117 Å². The molecule has 0 fully saturated rings. The van der Waals surface area contributed by atoms with Gasteiger partial charge in [-0.1, -0.05) is 12.1 Å². The van der Waals surface area contributed by atoms with Crippen molar-refractivity contribution in [1.29, 1.82) is 0 Å². The van der Waals surface area contributed by atoms with Gasteiger partial charge in [-0.15, -0.1) is 0 Å². The maximum Gasteiger partial charge on any atom is 0.419 e. The van der Waals surface area contributed by atoms with Crippen molar-refractivity contribution in [2.45, 2.75) is 13.1 Å². The van der Waals surface area contributed by atoms with Crippen LogP contribution in [0.15, 0.2) is 36.4 Å². The molecule has 0 aromatic heterocycles. The van der Waals surface area contributed by atoms with Crippen LogP contribution in [0.25, 0.3) is 11.1 Å². The monoisotopic (exact) mass is 298 g/mol. The third-order valence-electron chi connectivity index (χ3n) is 2.93. The fourth-order valence-corrected chi connectivity index (χ4v) is 2.00. The molecule has 0 atom stereocenters. The SMILES string of the molecule is Cc1cc(C(=O)O)cc(-c2ccc(C(F)(F)F)c(F)c2)c1. The summed E-state index contributed by atoms with van der Waals surface area (Å²) in [6.45, 7) is 1.65. The Bertz CT molecular complexity index is 705. The van der Waals surface area contributed by atoms with Gasteiger partial charge in [-0.05, 0) is 47.9 Å². The number of aromatic carboxylic acids is 1. The summed E-state index contributed by atoms with van der Waals surface area (Å²) in [5.41, 5.74) is -0.209. The predicted octanol–water partition coefficient (Wildman–Crippen LogP) is 4.52. The first-order valence-electron chi connectivity index (χ1n) is 5.90. The summed E-state index contributed by atoms with van der Waals surface area (Å²) in [6.07, 6.45) is -4.76. The summed E-state index contributed by atoms with van der Waals surface area (Å²) in [5, 5.41) is 8.96. The zero-order valence-corrected chi connectivity index (χ0v) is 10.8. The first-order valence-corrected chi connectivity index (χ1v) is 5.90. The number of benzene rings is 2. The average molecular weight is 298 g/mol. The molecule has 1 N–H and O–H groups in total. The Morgan fingerprint density at radius 1 is 1.05 bits per heavy atom. The molecule has 2 nitrogen and oxygen atoms in total. The molecule has 0 aliphatic heterocycles. The lowest BCUT2D eigenvalue weighted by atomic mass is 9.99. The molecule has 0 aliphatic carbocycles. The summed E-state index contributed by atoms with van der Waals surface area (Å²) in [4.78, 5) is 11.0. The van der Waals surface area contributed by atoms with Gasteiger partial charge in [0.2, 0.25) is 0 Å². The van der Waals surface area contributed by atoms with Crippen LogP contribution < -0.4 is 0 Å². The maximum absolute atomic E-state index is 13.6. The van der Waals surface area contributed by atoms with Gasteiger partial charge in [-0.3, -0.25) is 0 Å². The van der Waals surface area contributed by atoms with Crippen LogP contribution >= 0.6 is 0 Å². The minimum absolute atomic E-state index is 0.00898. The lowest BCUT2D eigenvalue weighted by Crippen LogP contribution is -2.07. The highest BCUT2D eigenvalue weighted by atomic mass is 19.4. The fourth-order valence-electron chi connectivity index (χ4n) is 2.00. The highest BCUT2D eigenvalue weighted by molar-refractivity contribution is 5.89. The highest BCUT2D eigenvalue weighted by Gasteiger charge is 2.33. The van der Waals surface area contributed by atoms with Gasteiger partial charge in [0.1, 0.15) is 5.82 Å². The molecule has 0 amide bonds. The van der Waals surface area contributed by atoms with E-state index in [1.54, 1.807) is 13.0 Å². The van der Waals surface area contributed by atoms with Crippen molar-refractivity contribution in [3.05, 3.63) is 58.9 Å². The van der Waals surface area contributed by atoms with Crippen LogP contribution in [-0.2, 0) is 6.18 Å². The van der Waals surface area contributed by atoms with E-state index in [1.807, 2.05) is 0 Å². The van der Waals surface area contributed by atoms with E-state index in [-0.39, 0.29) is 11.1 Å². The summed E-state index contributed by atoms with van der Waals surface area (Å²) < 4.78 is 51.1. The average Bonchev–Trinajstić information content (AvgIpc) is 2.36. The zero-order valence-electron chi connectivity index (χ0n) is 10.8. The second-order valence-corrected chi connectivity index (χ2v) is 4.59. The number of hydrogen-bond donors (Lipinski definition) is 1. The smallest absolute Gasteiger partial charge is 0.419 e. The Balaban J connectivity index is 2.53. The van der Waals surface area contributed by atoms with Crippen LogP contribution in [0, 0.1) is 12.7 Å². The molecule has 0 unspecified atom stereocenters. The van der Waals surface area contributed by atoms with Gasteiger partial charge in [-0.2, -0.15) is 13.2 Å². The second-order valence-electron chi connectivity index (χ2n) is 4.59. The summed E-state index contributed by atoms with van der Waals surface area (Å²) in [6, 6.07) is 6.81. The molecule has 0 aliphatic rings. The van der Waals surface area contributed by atoms with Gasteiger partial charge in [0.25, 0.3) is 0 Å². The normalized spacial score (nSPS) is 11.5. The van der Waals surface area contributed by atoms with E-state index in [9.17, 15) is 22.4 Å². The van der Waals surface area contributed by atoms with Crippen LogP contribution in [0.1, 0.15) is 21.5 Å². The minimum Gasteiger partial charge on any atom is -0.478 e. The van der Waals surface area contributed by atoms with Gasteiger partial charge in [0, 0.05) is 0 Å². The lowest BCUT2D eigenvalue weighted by Gasteiger charge is -2.10. The van der Waals surface area contributed by atoms with Crippen LogP contribution in [0.3, 0.4) is 0 Å². The molecule has 110 valence electrons. The summed E-state index contributed by atoms with van der Waals surface area (Å²) in [5.74, 6) is -2.55. The van der Waals surface area contributed by atoms with Gasteiger partial charge >= 0.3 is 12.1 Å². The van der Waals surface area contributed by atoms with E-state index >= 15 is 0 Å². The van der Waals surface area contributed by atoms with Crippen LogP contribution in [0.4, 0.5) is 17.6 Å². The van der Waals surface area contributed by atoms with Gasteiger partial charge < -0.3 is 5.11 Å². The van der Waals surface area contributed by atoms with Crippen molar-refractivity contribution in [2.24, 2.45) is 0 Å². The first-order chi connectivity index (χ1) is 9.68. The van der Waals surface area contributed by atoms with Crippen molar-refractivity contribution in [3.63, 3.8) is 0 Å². The molecule has 6 heteroatoms. The molecule has 0 radical (unpaired) electrons. The number of carbonyl (C=O) groups is 1.